The second-order valence-electron chi connectivity index (χ2n) is 6.78. The van der Waals surface area contributed by atoms with Crippen LogP contribution in [0.5, 0.6) is 5.75 Å². The van der Waals surface area contributed by atoms with Crippen molar-refractivity contribution >= 4 is 17.5 Å². The number of benzene rings is 1. The van der Waals surface area contributed by atoms with E-state index < -0.39 is 0 Å². The van der Waals surface area contributed by atoms with E-state index >= 15 is 0 Å². The topological polar surface area (TPSA) is 73.8 Å². The number of carbonyl (C=O) groups is 1. The van der Waals surface area contributed by atoms with Crippen LogP contribution >= 0.6 is 0 Å². The lowest BCUT2D eigenvalue weighted by atomic mass is 9.96. The van der Waals surface area contributed by atoms with Gasteiger partial charge >= 0.3 is 0 Å². The van der Waals surface area contributed by atoms with Crippen molar-refractivity contribution in [2.45, 2.75) is 25.7 Å². The zero-order valence-electron chi connectivity index (χ0n) is 14.8. The monoisotopic (exact) mass is 348 g/mol. The third-order valence-electron chi connectivity index (χ3n) is 5.13. The lowest BCUT2D eigenvalue weighted by Gasteiger charge is -2.16. The van der Waals surface area contributed by atoms with Gasteiger partial charge in [0.2, 0.25) is 0 Å². The SMILES string of the molecule is COc1cc(-c2ccn3c(=O)c(C=O)cc(C4CC4)c3c2C)ccc1N. The quantitative estimate of drug-likeness (QED) is 0.578. The molecule has 0 aliphatic heterocycles. The summed E-state index contributed by atoms with van der Waals surface area (Å²) < 4.78 is 6.94. The van der Waals surface area contributed by atoms with Gasteiger partial charge < -0.3 is 10.5 Å². The van der Waals surface area contributed by atoms with Crippen LogP contribution in [-0.4, -0.2) is 17.8 Å². The zero-order valence-corrected chi connectivity index (χ0v) is 14.8. The smallest absolute Gasteiger partial charge is 0.265 e. The number of pyridine rings is 2. The summed E-state index contributed by atoms with van der Waals surface area (Å²) in [6.45, 7) is 2.01. The lowest BCUT2D eigenvalue weighted by Crippen LogP contribution is -2.20. The number of nitrogen functional groups attached to an aromatic ring is 1. The van der Waals surface area contributed by atoms with E-state index in [0.29, 0.717) is 23.6 Å². The average molecular weight is 348 g/mol. The van der Waals surface area contributed by atoms with Crippen molar-refractivity contribution in [3.05, 3.63) is 63.6 Å². The van der Waals surface area contributed by atoms with Gasteiger partial charge in [-0.2, -0.15) is 0 Å². The molecule has 0 saturated heterocycles. The molecular weight excluding hydrogens is 328 g/mol. The molecule has 0 unspecified atom stereocenters. The fraction of sp³-hybridized carbons (Fsp3) is 0.238. The molecule has 2 aromatic heterocycles. The predicted octanol–water partition coefficient (Wildman–Crippen LogP) is 3.56. The molecule has 1 fully saturated rings. The molecule has 0 amide bonds. The molecule has 4 rings (SSSR count). The van der Waals surface area contributed by atoms with Gasteiger partial charge in [-0.1, -0.05) is 6.07 Å². The van der Waals surface area contributed by atoms with Gasteiger partial charge in [0.15, 0.2) is 6.29 Å². The highest BCUT2D eigenvalue weighted by atomic mass is 16.5. The normalized spacial score (nSPS) is 13.8. The van der Waals surface area contributed by atoms with E-state index in [9.17, 15) is 9.59 Å². The summed E-state index contributed by atoms with van der Waals surface area (Å²) in [5.41, 5.74) is 11.4. The third kappa shape index (κ3) is 2.47. The highest BCUT2D eigenvalue weighted by Gasteiger charge is 2.28. The van der Waals surface area contributed by atoms with Gasteiger partial charge in [0.1, 0.15) is 5.75 Å². The molecule has 0 radical (unpaired) electrons. The standard InChI is InChI=1S/C21H20N2O3/c1-12-16(14-5-6-18(22)19(10-14)26-2)7-8-23-20(12)17(13-3-4-13)9-15(11-24)21(23)25/h5-11,13H,3-4,22H2,1-2H3. The number of nitrogens with two attached hydrogens (primary N) is 1. The molecule has 5 nitrogen and oxygen atoms in total. The maximum absolute atomic E-state index is 12.6. The van der Waals surface area contributed by atoms with Crippen molar-refractivity contribution in [3.8, 4) is 16.9 Å². The molecule has 3 aromatic rings. The Kier molecular flexibility index (Phi) is 3.80. The Bertz CT molecular complexity index is 1090. The van der Waals surface area contributed by atoms with Gasteiger partial charge in [-0.3, -0.25) is 14.0 Å². The number of aromatic nitrogens is 1. The van der Waals surface area contributed by atoms with Crippen molar-refractivity contribution in [2.24, 2.45) is 0 Å². The fourth-order valence-corrected chi connectivity index (χ4v) is 3.60. The first-order valence-electron chi connectivity index (χ1n) is 8.63. The first kappa shape index (κ1) is 16.4. The van der Waals surface area contributed by atoms with Crippen LogP contribution in [-0.2, 0) is 0 Å². The summed E-state index contributed by atoms with van der Waals surface area (Å²) in [5.74, 6) is 1.04. The summed E-state index contributed by atoms with van der Waals surface area (Å²) in [4.78, 5) is 23.9. The molecule has 1 saturated carbocycles. The number of aldehydes is 1. The Hall–Kier alpha value is -3.08. The zero-order chi connectivity index (χ0) is 18.4. The largest absolute Gasteiger partial charge is 0.495 e. The van der Waals surface area contributed by atoms with Crippen LogP contribution in [0.3, 0.4) is 0 Å². The Morgan fingerprint density at radius 2 is 2.00 bits per heavy atom. The Balaban J connectivity index is 2.02. The van der Waals surface area contributed by atoms with Crippen molar-refractivity contribution in [2.75, 3.05) is 12.8 Å². The van der Waals surface area contributed by atoms with Gasteiger partial charge in [-0.05, 0) is 72.2 Å². The molecule has 1 aliphatic carbocycles. The number of carbonyl (C=O) groups excluding carboxylic acids is 1. The van der Waals surface area contributed by atoms with Crippen LogP contribution in [0.4, 0.5) is 5.69 Å². The molecule has 0 atom stereocenters. The molecule has 2 heterocycles. The van der Waals surface area contributed by atoms with Gasteiger partial charge in [-0.25, -0.2) is 0 Å². The van der Waals surface area contributed by atoms with E-state index in [2.05, 4.69) is 0 Å². The summed E-state index contributed by atoms with van der Waals surface area (Å²) in [5, 5.41) is 0. The van der Waals surface area contributed by atoms with Crippen molar-refractivity contribution in [1.82, 2.24) is 4.40 Å². The van der Waals surface area contributed by atoms with Crippen molar-refractivity contribution in [1.29, 1.82) is 0 Å². The predicted molar refractivity (Wildman–Crippen MR) is 102 cm³/mol. The van der Waals surface area contributed by atoms with E-state index in [4.69, 9.17) is 10.5 Å². The minimum Gasteiger partial charge on any atom is -0.495 e. The van der Waals surface area contributed by atoms with Crippen LogP contribution in [0.15, 0.2) is 41.3 Å². The van der Waals surface area contributed by atoms with Gasteiger partial charge in [0.05, 0.1) is 23.9 Å². The summed E-state index contributed by atoms with van der Waals surface area (Å²) in [6, 6.07) is 9.35. The van der Waals surface area contributed by atoms with Gasteiger partial charge in [-0.15, -0.1) is 0 Å². The number of rotatable bonds is 4. The first-order chi connectivity index (χ1) is 12.5. The minimum atomic E-state index is -0.274. The van der Waals surface area contributed by atoms with Gasteiger partial charge in [0, 0.05) is 6.20 Å². The Labute approximate surface area is 151 Å². The number of hydrogen-bond donors (Lipinski definition) is 1. The molecule has 0 spiro atoms. The summed E-state index contributed by atoms with van der Waals surface area (Å²) in [7, 11) is 1.59. The number of hydrogen-bond acceptors (Lipinski definition) is 4. The van der Waals surface area contributed by atoms with E-state index in [0.717, 1.165) is 40.6 Å². The fourth-order valence-electron chi connectivity index (χ4n) is 3.60. The van der Waals surface area contributed by atoms with Crippen LogP contribution in [0, 0.1) is 6.92 Å². The highest BCUT2D eigenvalue weighted by molar-refractivity contribution is 5.82. The van der Waals surface area contributed by atoms with E-state index in [1.807, 2.05) is 31.2 Å². The minimum absolute atomic E-state index is 0.214. The maximum atomic E-state index is 12.6. The van der Waals surface area contributed by atoms with Crippen LogP contribution < -0.4 is 16.0 Å². The maximum Gasteiger partial charge on any atom is 0.265 e. The molecule has 0 bridgehead atoms. The highest BCUT2D eigenvalue weighted by Crippen LogP contribution is 2.43. The van der Waals surface area contributed by atoms with Crippen LogP contribution in [0.2, 0.25) is 0 Å². The van der Waals surface area contributed by atoms with Crippen molar-refractivity contribution < 1.29 is 9.53 Å². The van der Waals surface area contributed by atoms with Crippen molar-refractivity contribution in [3.63, 3.8) is 0 Å². The number of fused-ring (bicyclic) bond motifs is 1. The second-order valence-corrected chi connectivity index (χ2v) is 6.78. The average Bonchev–Trinajstić information content (AvgIpc) is 3.48. The molecule has 132 valence electrons. The Morgan fingerprint density at radius 1 is 1.23 bits per heavy atom. The number of methoxy groups -OCH3 is 1. The summed E-state index contributed by atoms with van der Waals surface area (Å²) in [6.07, 6.45) is 4.58. The van der Waals surface area contributed by atoms with Crippen LogP contribution in [0.1, 0.15) is 40.2 Å². The summed E-state index contributed by atoms with van der Waals surface area (Å²) >= 11 is 0. The number of nitrogens with zero attached hydrogens (tertiary/aromatic N) is 1. The van der Waals surface area contributed by atoms with E-state index in [1.165, 1.54) is 0 Å². The molecule has 5 heteroatoms. The molecule has 1 aliphatic rings. The lowest BCUT2D eigenvalue weighted by molar-refractivity contribution is 0.112. The number of ether oxygens (including phenoxy) is 1. The molecular formula is C21H20N2O3. The van der Waals surface area contributed by atoms with E-state index in [-0.39, 0.29) is 11.1 Å². The first-order valence-corrected chi connectivity index (χ1v) is 8.63. The molecule has 2 N–H and O–H groups in total. The molecule has 1 aromatic carbocycles. The Morgan fingerprint density at radius 3 is 2.65 bits per heavy atom. The second kappa shape index (κ2) is 6.02. The number of anilines is 1. The molecule has 26 heavy (non-hydrogen) atoms. The third-order valence-corrected chi connectivity index (χ3v) is 5.13. The number of aryl methyl sites for hydroxylation is 1. The van der Waals surface area contributed by atoms with Crippen LogP contribution in [0.25, 0.3) is 16.6 Å². The van der Waals surface area contributed by atoms with Gasteiger partial charge in [0.25, 0.3) is 5.56 Å². The van der Waals surface area contributed by atoms with E-state index in [1.54, 1.807) is 23.8 Å².